The molecule has 1 saturated heterocycles. The molecule has 27 heavy (non-hydrogen) atoms. The molecule has 2 atom stereocenters. The molecule has 1 aromatic heterocycles. The fourth-order valence-electron chi connectivity index (χ4n) is 4.46. The second kappa shape index (κ2) is 7.08. The van der Waals surface area contributed by atoms with E-state index < -0.39 is 0 Å². The maximum absolute atomic E-state index is 12.4. The lowest BCUT2D eigenvalue weighted by atomic mass is 9.89. The highest BCUT2D eigenvalue weighted by atomic mass is 16.2. The topological polar surface area (TPSA) is 63.1 Å². The van der Waals surface area contributed by atoms with Crippen LogP contribution in [0.2, 0.25) is 0 Å². The molecule has 3 heterocycles. The fourth-order valence-corrected chi connectivity index (χ4v) is 4.46. The molecule has 0 saturated carbocycles. The van der Waals surface area contributed by atoms with Gasteiger partial charge in [-0.05, 0) is 50.7 Å². The number of aryl methyl sites for hydroxylation is 2. The molecule has 4 rings (SSSR count). The number of hydrogen-bond donors (Lipinski definition) is 1. The molecule has 0 spiro atoms. The smallest absolute Gasteiger partial charge is 0.289 e. The van der Waals surface area contributed by atoms with Gasteiger partial charge in [0.05, 0.1) is 0 Å². The summed E-state index contributed by atoms with van der Waals surface area (Å²) in [5.74, 6) is 2.47. The number of nitrogens with zero attached hydrogens (tertiary/aromatic N) is 4. The lowest BCUT2D eigenvalue weighted by molar-refractivity contribution is 0.0924. The number of carbonyl (C=O) groups excluding carboxylic acids is 1. The first kappa shape index (κ1) is 18.2. The van der Waals surface area contributed by atoms with Crippen LogP contribution in [-0.4, -0.2) is 44.7 Å². The standard InChI is InChI=1S/C21H29N5O/c1-13(2)22-21(27)20-24-23-19-8-17-10-25(11-18(17)12-26(19)20)9-16-7-14(3)5-6-15(16)4/h5-7,13,17-18H,8-12H2,1-4H3,(H,22,27)/t17-,18+/m1/s1. The van der Waals surface area contributed by atoms with Crippen LogP contribution in [0.4, 0.5) is 0 Å². The second-order valence-corrected chi connectivity index (χ2v) is 8.53. The molecule has 1 amide bonds. The van der Waals surface area contributed by atoms with Crippen molar-refractivity contribution >= 4 is 5.91 Å². The molecular weight excluding hydrogens is 338 g/mol. The van der Waals surface area contributed by atoms with Gasteiger partial charge in [-0.25, -0.2) is 0 Å². The molecule has 1 fully saturated rings. The third-order valence-corrected chi connectivity index (χ3v) is 5.86. The summed E-state index contributed by atoms with van der Waals surface area (Å²) in [5.41, 5.74) is 4.10. The van der Waals surface area contributed by atoms with Crippen LogP contribution in [0.1, 0.15) is 47.0 Å². The zero-order valence-electron chi connectivity index (χ0n) is 16.7. The molecule has 2 aliphatic rings. The largest absolute Gasteiger partial charge is 0.347 e. The average Bonchev–Trinajstić information content (AvgIpc) is 3.18. The zero-order chi connectivity index (χ0) is 19.1. The fraction of sp³-hybridized carbons (Fsp3) is 0.571. The maximum Gasteiger partial charge on any atom is 0.289 e. The van der Waals surface area contributed by atoms with E-state index >= 15 is 0 Å². The number of aromatic nitrogens is 3. The van der Waals surface area contributed by atoms with E-state index in [1.54, 1.807) is 0 Å². The van der Waals surface area contributed by atoms with Gasteiger partial charge in [0.15, 0.2) is 0 Å². The first-order valence-corrected chi connectivity index (χ1v) is 9.92. The van der Waals surface area contributed by atoms with Crippen LogP contribution in [0.15, 0.2) is 18.2 Å². The lowest BCUT2D eigenvalue weighted by Crippen LogP contribution is -2.35. The van der Waals surface area contributed by atoms with Gasteiger partial charge >= 0.3 is 0 Å². The van der Waals surface area contributed by atoms with Crippen LogP contribution in [0.25, 0.3) is 0 Å². The van der Waals surface area contributed by atoms with Crippen LogP contribution < -0.4 is 5.32 Å². The van der Waals surface area contributed by atoms with Gasteiger partial charge in [-0.2, -0.15) is 0 Å². The van der Waals surface area contributed by atoms with Gasteiger partial charge in [0.25, 0.3) is 5.91 Å². The van der Waals surface area contributed by atoms with E-state index in [0.717, 1.165) is 38.4 Å². The highest BCUT2D eigenvalue weighted by Crippen LogP contribution is 2.33. The van der Waals surface area contributed by atoms with Gasteiger partial charge in [-0.1, -0.05) is 23.8 Å². The molecule has 0 radical (unpaired) electrons. The summed E-state index contributed by atoms with van der Waals surface area (Å²) in [6.07, 6.45) is 0.913. The number of rotatable bonds is 4. The highest BCUT2D eigenvalue weighted by molar-refractivity contribution is 5.90. The van der Waals surface area contributed by atoms with Crippen molar-refractivity contribution in [2.45, 2.75) is 53.2 Å². The number of likely N-dealkylation sites (tertiary alicyclic amines) is 1. The lowest BCUT2D eigenvalue weighted by Gasteiger charge is -2.25. The van der Waals surface area contributed by atoms with E-state index in [-0.39, 0.29) is 11.9 Å². The summed E-state index contributed by atoms with van der Waals surface area (Å²) in [7, 11) is 0. The molecule has 0 bridgehead atoms. The van der Waals surface area contributed by atoms with Crippen molar-refractivity contribution in [3.8, 4) is 0 Å². The quantitative estimate of drug-likeness (QED) is 0.901. The van der Waals surface area contributed by atoms with Gasteiger partial charge in [0.2, 0.25) is 5.82 Å². The minimum atomic E-state index is -0.118. The Kier molecular flexibility index (Phi) is 4.76. The van der Waals surface area contributed by atoms with Crippen LogP contribution in [0.5, 0.6) is 0 Å². The number of amides is 1. The van der Waals surface area contributed by atoms with Gasteiger partial charge in [-0.15, -0.1) is 10.2 Å². The predicted molar refractivity (Wildman–Crippen MR) is 105 cm³/mol. The number of nitrogens with one attached hydrogen (secondary N) is 1. The molecule has 2 aromatic rings. The predicted octanol–water partition coefficient (Wildman–Crippen LogP) is 2.34. The van der Waals surface area contributed by atoms with E-state index in [0.29, 0.717) is 17.7 Å². The van der Waals surface area contributed by atoms with E-state index in [4.69, 9.17) is 0 Å². The minimum Gasteiger partial charge on any atom is -0.347 e. The second-order valence-electron chi connectivity index (χ2n) is 8.53. The van der Waals surface area contributed by atoms with Gasteiger partial charge in [0, 0.05) is 38.6 Å². The zero-order valence-corrected chi connectivity index (χ0v) is 16.7. The van der Waals surface area contributed by atoms with Crippen molar-refractivity contribution in [2.24, 2.45) is 11.8 Å². The summed E-state index contributed by atoms with van der Waals surface area (Å²) in [4.78, 5) is 15.0. The average molecular weight is 367 g/mol. The normalized spacial score (nSPS) is 22.0. The summed E-state index contributed by atoms with van der Waals surface area (Å²) in [6, 6.07) is 6.80. The van der Waals surface area contributed by atoms with E-state index in [1.807, 2.05) is 18.4 Å². The van der Waals surface area contributed by atoms with Crippen molar-refractivity contribution in [1.82, 2.24) is 25.0 Å². The first-order valence-electron chi connectivity index (χ1n) is 9.92. The van der Waals surface area contributed by atoms with Crippen LogP contribution in [0, 0.1) is 25.7 Å². The molecule has 1 N–H and O–H groups in total. The monoisotopic (exact) mass is 367 g/mol. The molecule has 0 aliphatic carbocycles. The first-order chi connectivity index (χ1) is 12.9. The molecule has 0 unspecified atom stereocenters. The van der Waals surface area contributed by atoms with Crippen molar-refractivity contribution < 1.29 is 4.79 Å². The van der Waals surface area contributed by atoms with E-state index in [9.17, 15) is 4.79 Å². The Hall–Kier alpha value is -2.21. The van der Waals surface area contributed by atoms with Crippen LogP contribution in [0.3, 0.4) is 0 Å². The van der Waals surface area contributed by atoms with E-state index in [1.165, 1.54) is 16.7 Å². The van der Waals surface area contributed by atoms with E-state index in [2.05, 4.69) is 52.5 Å². The summed E-state index contributed by atoms with van der Waals surface area (Å²) >= 11 is 0. The molecule has 144 valence electrons. The highest BCUT2D eigenvalue weighted by Gasteiger charge is 2.39. The molecule has 2 aliphatic heterocycles. The van der Waals surface area contributed by atoms with Crippen molar-refractivity contribution in [3.63, 3.8) is 0 Å². The minimum absolute atomic E-state index is 0.0985. The Morgan fingerprint density at radius 3 is 2.74 bits per heavy atom. The number of fused-ring (bicyclic) bond motifs is 2. The maximum atomic E-state index is 12.4. The summed E-state index contributed by atoms with van der Waals surface area (Å²) < 4.78 is 2.04. The third-order valence-electron chi connectivity index (χ3n) is 5.86. The van der Waals surface area contributed by atoms with Gasteiger partial charge in [0.1, 0.15) is 5.82 Å². The van der Waals surface area contributed by atoms with Crippen molar-refractivity contribution in [3.05, 3.63) is 46.5 Å². The van der Waals surface area contributed by atoms with Gasteiger partial charge < -0.3 is 9.88 Å². The third kappa shape index (κ3) is 3.63. The van der Waals surface area contributed by atoms with Crippen molar-refractivity contribution in [2.75, 3.05) is 13.1 Å². The molecule has 6 nitrogen and oxygen atoms in total. The Balaban J connectivity index is 1.46. The Morgan fingerprint density at radius 1 is 1.19 bits per heavy atom. The molecule has 6 heteroatoms. The van der Waals surface area contributed by atoms with Crippen molar-refractivity contribution in [1.29, 1.82) is 0 Å². The van der Waals surface area contributed by atoms with Gasteiger partial charge in [-0.3, -0.25) is 9.69 Å². The SMILES string of the molecule is Cc1ccc(C)c(CN2C[C@H]3Cc4nnc(C(=O)NC(C)C)n4C[C@@H]3C2)c1. The summed E-state index contributed by atoms with van der Waals surface area (Å²) in [6.45, 7) is 12.3. The molecular formula is C21H29N5O. The Morgan fingerprint density at radius 2 is 1.96 bits per heavy atom. The summed E-state index contributed by atoms with van der Waals surface area (Å²) in [5, 5.41) is 11.4. The van der Waals surface area contributed by atoms with Crippen LogP contribution in [-0.2, 0) is 19.5 Å². The Bertz CT molecular complexity index is 856. The van der Waals surface area contributed by atoms with Crippen LogP contribution >= 0.6 is 0 Å². The number of hydrogen-bond acceptors (Lipinski definition) is 4. The Labute approximate surface area is 161 Å². The number of carbonyl (C=O) groups is 1. The number of benzene rings is 1. The molecule has 1 aromatic carbocycles.